The van der Waals surface area contributed by atoms with Crippen LogP contribution in [-0.2, 0) is 11.3 Å². The van der Waals surface area contributed by atoms with Gasteiger partial charge in [-0.15, -0.1) is 0 Å². The SMILES string of the molecule is Cc1c(Cl)cc(C(C)n2nc(C)c3c(N)ncnc32)c2c1CN(C(=O)CC#N)CCO2. The Bertz CT molecular complexity index is 1230. The number of benzene rings is 1. The Morgan fingerprint density at radius 1 is 1.42 bits per heavy atom. The molecular weight excluding hydrogens is 418 g/mol. The molecule has 10 heteroatoms. The maximum Gasteiger partial charge on any atom is 0.237 e. The van der Waals surface area contributed by atoms with E-state index in [1.165, 1.54) is 6.33 Å². The molecule has 0 spiro atoms. The number of ether oxygens (including phenoxy) is 1. The number of aryl methyl sites for hydroxylation is 1. The van der Waals surface area contributed by atoms with Gasteiger partial charge in [-0.2, -0.15) is 10.4 Å². The van der Waals surface area contributed by atoms with Crippen LogP contribution in [-0.4, -0.2) is 43.7 Å². The van der Waals surface area contributed by atoms with Gasteiger partial charge in [0, 0.05) is 22.7 Å². The molecule has 1 atom stereocenters. The lowest BCUT2D eigenvalue weighted by atomic mass is 9.98. The average molecular weight is 440 g/mol. The average Bonchev–Trinajstić information content (AvgIpc) is 2.93. The van der Waals surface area contributed by atoms with E-state index in [9.17, 15) is 4.79 Å². The first kappa shape index (κ1) is 20.9. The van der Waals surface area contributed by atoms with Crippen LogP contribution in [0.4, 0.5) is 5.82 Å². The molecule has 1 aliphatic heterocycles. The molecule has 9 nitrogen and oxygen atoms in total. The van der Waals surface area contributed by atoms with Gasteiger partial charge in [-0.25, -0.2) is 14.6 Å². The molecule has 3 heterocycles. The van der Waals surface area contributed by atoms with Crippen LogP contribution >= 0.6 is 11.6 Å². The lowest BCUT2D eigenvalue weighted by molar-refractivity contribution is -0.130. The first-order valence-corrected chi connectivity index (χ1v) is 10.3. The van der Waals surface area contributed by atoms with Crippen LogP contribution in [0.2, 0.25) is 5.02 Å². The molecule has 1 amide bonds. The Labute approximate surface area is 184 Å². The highest BCUT2D eigenvalue weighted by molar-refractivity contribution is 6.31. The number of rotatable bonds is 3. The minimum Gasteiger partial charge on any atom is -0.491 e. The number of nitrogens with two attached hydrogens (primary N) is 1. The summed E-state index contributed by atoms with van der Waals surface area (Å²) in [7, 11) is 0. The molecular formula is C21H22ClN7O2. The second kappa shape index (κ2) is 8.04. The molecule has 0 fully saturated rings. The van der Waals surface area contributed by atoms with E-state index in [0.717, 1.165) is 22.4 Å². The summed E-state index contributed by atoms with van der Waals surface area (Å²) in [5, 5.41) is 14.8. The van der Waals surface area contributed by atoms with Gasteiger partial charge in [0.15, 0.2) is 5.65 Å². The topological polar surface area (TPSA) is 123 Å². The third kappa shape index (κ3) is 3.53. The molecule has 0 radical (unpaired) electrons. The van der Waals surface area contributed by atoms with Gasteiger partial charge in [-0.3, -0.25) is 4.79 Å². The number of nitrogen functional groups attached to an aromatic ring is 1. The first-order chi connectivity index (χ1) is 14.8. The van der Waals surface area contributed by atoms with Gasteiger partial charge in [0.05, 0.1) is 29.7 Å². The van der Waals surface area contributed by atoms with Crippen LogP contribution in [0, 0.1) is 25.2 Å². The number of amides is 1. The van der Waals surface area contributed by atoms with E-state index in [4.69, 9.17) is 27.3 Å². The lowest BCUT2D eigenvalue weighted by Crippen LogP contribution is -2.32. The van der Waals surface area contributed by atoms with E-state index < -0.39 is 0 Å². The van der Waals surface area contributed by atoms with Gasteiger partial charge in [0.25, 0.3) is 0 Å². The molecule has 0 saturated carbocycles. The van der Waals surface area contributed by atoms with Crippen LogP contribution in [0.5, 0.6) is 5.75 Å². The fourth-order valence-corrected chi connectivity index (χ4v) is 4.19. The monoisotopic (exact) mass is 439 g/mol. The number of anilines is 1. The van der Waals surface area contributed by atoms with E-state index in [2.05, 4.69) is 15.1 Å². The van der Waals surface area contributed by atoms with E-state index in [-0.39, 0.29) is 18.4 Å². The quantitative estimate of drug-likeness (QED) is 0.665. The van der Waals surface area contributed by atoms with Gasteiger partial charge < -0.3 is 15.4 Å². The Kier molecular flexibility index (Phi) is 5.41. The van der Waals surface area contributed by atoms with Crippen LogP contribution in [0.1, 0.15) is 41.8 Å². The van der Waals surface area contributed by atoms with Crippen LogP contribution < -0.4 is 10.5 Å². The summed E-state index contributed by atoms with van der Waals surface area (Å²) >= 11 is 6.59. The van der Waals surface area contributed by atoms with Crippen molar-refractivity contribution in [1.82, 2.24) is 24.6 Å². The summed E-state index contributed by atoms with van der Waals surface area (Å²) in [5.74, 6) is 0.836. The second-order valence-corrected chi connectivity index (χ2v) is 7.95. The molecule has 1 unspecified atom stereocenters. The Morgan fingerprint density at radius 3 is 2.94 bits per heavy atom. The zero-order valence-corrected chi connectivity index (χ0v) is 18.3. The Hall–Kier alpha value is -3.38. The molecule has 0 saturated heterocycles. The minimum atomic E-state index is -0.265. The zero-order chi connectivity index (χ0) is 22.3. The van der Waals surface area contributed by atoms with Crippen LogP contribution in [0.25, 0.3) is 11.0 Å². The molecule has 2 N–H and O–H groups in total. The normalized spacial score (nSPS) is 14.5. The van der Waals surface area contributed by atoms with Crippen molar-refractivity contribution in [3.8, 4) is 11.8 Å². The standard InChI is InChI=1S/C21H22ClN7O2/c1-11-15-9-28(17(30)4-5-23)6-7-31-19(15)14(8-16(11)22)13(3)29-21-18(12(2)27-29)20(24)25-10-26-21/h8,10,13H,4,6-7,9H2,1-3H3,(H2,24,25,26). The van der Waals surface area contributed by atoms with Crippen molar-refractivity contribution in [2.45, 2.75) is 39.8 Å². The highest BCUT2D eigenvalue weighted by atomic mass is 35.5. The molecule has 0 aliphatic carbocycles. The number of hydrogen-bond acceptors (Lipinski definition) is 7. The number of nitriles is 1. The molecule has 4 rings (SSSR count). The summed E-state index contributed by atoms with van der Waals surface area (Å²) in [6.45, 7) is 6.79. The van der Waals surface area contributed by atoms with Gasteiger partial charge in [-0.05, 0) is 32.4 Å². The summed E-state index contributed by atoms with van der Waals surface area (Å²) in [6.07, 6.45) is 1.25. The van der Waals surface area contributed by atoms with E-state index >= 15 is 0 Å². The van der Waals surface area contributed by atoms with E-state index in [1.807, 2.05) is 32.9 Å². The van der Waals surface area contributed by atoms with Crippen molar-refractivity contribution in [1.29, 1.82) is 5.26 Å². The third-order valence-electron chi connectivity index (χ3n) is 5.68. The number of carbonyl (C=O) groups is 1. The van der Waals surface area contributed by atoms with Gasteiger partial charge in [-0.1, -0.05) is 11.6 Å². The van der Waals surface area contributed by atoms with Gasteiger partial charge in [0.2, 0.25) is 5.91 Å². The van der Waals surface area contributed by atoms with Gasteiger partial charge in [0.1, 0.15) is 30.9 Å². The van der Waals surface area contributed by atoms with Crippen molar-refractivity contribution in [3.05, 3.63) is 39.8 Å². The van der Waals surface area contributed by atoms with Crippen LogP contribution in [0.3, 0.4) is 0 Å². The van der Waals surface area contributed by atoms with E-state index in [1.54, 1.807) is 9.58 Å². The summed E-state index contributed by atoms with van der Waals surface area (Å²) < 4.78 is 7.91. The highest BCUT2D eigenvalue weighted by Gasteiger charge is 2.28. The highest BCUT2D eigenvalue weighted by Crippen LogP contribution is 2.40. The number of nitrogens with zero attached hydrogens (tertiary/aromatic N) is 6. The summed E-state index contributed by atoms with van der Waals surface area (Å²) in [5.41, 5.74) is 9.92. The van der Waals surface area contributed by atoms with E-state index in [0.29, 0.717) is 47.3 Å². The van der Waals surface area contributed by atoms with Gasteiger partial charge >= 0.3 is 0 Å². The number of aromatic nitrogens is 4. The summed E-state index contributed by atoms with van der Waals surface area (Å²) in [6, 6.07) is 3.53. The largest absolute Gasteiger partial charge is 0.491 e. The minimum absolute atomic E-state index is 0.169. The first-order valence-electron chi connectivity index (χ1n) is 9.88. The zero-order valence-electron chi connectivity index (χ0n) is 17.5. The molecule has 2 aromatic heterocycles. The molecule has 160 valence electrons. The molecule has 31 heavy (non-hydrogen) atoms. The smallest absolute Gasteiger partial charge is 0.237 e. The molecule has 1 aliphatic rings. The van der Waals surface area contributed by atoms with Crippen molar-refractivity contribution in [2.75, 3.05) is 18.9 Å². The molecule has 1 aromatic carbocycles. The Morgan fingerprint density at radius 2 is 2.19 bits per heavy atom. The number of fused-ring (bicyclic) bond motifs is 2. The summed E-state index contributed by atoms with van der Waals surface area (Å²) in [4.78, 5) is 22.4. The number of carbonyl (C=O) groups excluding carboxylic acids is 1. The van der Waals surface area contributed by atoms with Crippen molar-refractivity contribution in [2.24, 2.45) is 0 Å². The Balaban J connectivity index is 1.84. The fraction of sp³-hybridized carbons (Fsp3) is 0.381. The number of hydrogen-bond donors (Lipinski definition) is 1. The maximum atomic E-state index is 12.4. The predicted octanol–water partition coefficient (Wildman–Crippen LogP) is 2.92. The van der Waals surface area contributed by atoms with Crippen molar-refractivity contribution < 1.29 is 9.53 Å². The molecule has 0 bridgehead atoms. The lowest BCUT2D eigenvalue weighted by Gasteiger charge is -2.22. The fourth-order valence-electron chi connectivity index (χ4n) is 3.96. The predicted molar refractivity (Wildman–Crippen MR) is 116 cm³/mol. The second-order valence-electron chi connectivity index (χ2n) is 7.54. The third-order valence-corrected chi connectivity index (χ3v) is 6.07. The maximum absolute atomic E-state index is 12.4. The van der Waals surface area contributed by atoms with Crippen molar-refractivity contribution in [3.63, 3.8) is 0 Å². The van der Waals surface area contributed by atoms with Crippen LogP contribution in [0.15, 0.2) is 12.4 Å². The number of halogens is 1. The molecule has 3 aromatic rings. The van der Waals surface area contributed by atoms with Crippen molar-refractivity contribution >= 4 is 34.4 Å².